The zero-order valence-electron chi connectivity index (χ0n) is 13.7. The van der Waals surface area contributed by atoms with E-state index in [4.69, 9.17) is 0 Å². The number of rotatable bonds is 3. The maximum Gasteiger partial charge on any atom is 0.0570 e. The molecule has 0 amide bonds. The summed E-state index contributed by atoms with van der Waals surface area (Å²) in [6.07, 6.45) is 17.4. The Hall–Kier alpha value is -0.890. The number of pyridine rings is 1. The summed E-state index contributed by atoms with van der Waals surface area (Å²) in [6.45, 7) is 2.25. The minimum absolute atomic E-state index is 0.365. The molecule has 1 fully saturated rings. The SMILES string of the molecule is C[C@@H](NC1CCCCCCCCCCC1)c1ccccn1. The van der Waals surface area contributed by atoms with E-state index in [1.54, 1.807) is 0 Å². The molecule has 1 N–H and O–H groups in total. The van der Waals surface area contributed by atoms with E-state index in [-0.39, 0.29) is 0 Å². The van der Waals surface area contributed by atoms with Crippen molar-refractivity contribution >= 4 is 0 Å². The summed E-state index contributed by atoms with van der Waals surface area (Å²) < 4.78 is 0. The van der Waals surface area contributed by atoms with Crippen molar-refractivity contribution in [3.8, 4) is 0 Å². The Balaban J connectivity index is 1.82. The van der Waals surface area contributed by atoms with E-state index in [9.17, 15) is 0 Å². The van der Waals surface area contributed by atoms with Crippen molar-refractivity contribution in [2.75, 3.05) is 0 Å². The van der Waals surface area contributed by atoms with Crippen LogP contribution in [0.3, 0.4) is 0 Å². The summed E-state index contributed by atoms with van der Waals surface area (Å²) in [5.41, 5.74) is 1.17. The average molecular weight is 288 g/mol. The maximum absolute atomic E-state index is 4.48. The maximum atomic E-state index is 4.48. The first-order chi connectivity index (χ1) is 10.4. The number of hydrogen-bond acceptors (Lipinski definition) is 2. The smallest absolute Gasteiger partial charge is 0.0570 e. The van der Waals surface area contributed by atoms with Crippen LogP contribution in [0.15, 0.2) is 24.4 Å². The third kappa shape index (κ3) is 6.60. The van der Waals surface area contributed by atoms with Gasteiger partial charge in [0.2, 0.25) is 0 Å². The summed E-state index contributed by atoms with van der Waals surface area (Å²) >= 11 is 0. The Morgan fingerprint density at radius 2 is 1.48 bits per heavy atom. The van der Waals surface area contributed by atoms with Gasteiger partial charge in [-0.25, -0.2) is 0 Å². The summed E-state index contributed by atoms with van der Waals surface area (Å²) in [6, 6.07) is 7.24. The lowest BCUT2D eigenvalue weighted by molar-refractivity contribution is 0.372. The predicted molar refractivity (Wildman–Crippen MR) is 90.4 cm³/mol. The van der Waals surface area contributed by atoms with Gasteiger partial charge >= 0.3 is 0 Å². The molecule has 0 aromatic carbocycles. The van der Waals surface area contributed by atoms with Crippen LogP contribution in [0.1, 0.15) is 89.3 Å². The molecular formula is C19H32N2. The van der Waals surface area contributed by atoms with Crippen molar-refractivity contribution < 1.29 is 0 Å². The highest BCUT2D eigenvalue weighted by atomic mass is 15.0. The fraction of sp³-hybridized carbons (Fsp3) is 0.737. The lowest BCUT2D eigenvalue weighted by Gasteiger charge is -2.23. The second-order valence-corrected chi connectivity index (χ2v) is 6.60. The fourth-order valence-corrected chi connectivity index (χ4v) is 3.40. The molecule has 0 bridgehead atoms. The second kappa shape index (κ2) is 9.94. The number of nitrogens with zero attached hydrogens (tertiary/aromatic N) is 1. The van der Waals surface area contributed by atoms with Crippen molar-refractivity contribution in [2.45, 2.75) is 89.6 Å². The molecular weight excluding hydrogens is 256 g/mol. The van der Waals surface area contributed by atoms with Gasteiger partial charge in [-0.1, -0.05) is 63.9 Å². The van der Waals surface area contributed by atoms with Gasteiger partial charge in [-0.3, -0.25) is 4.98 Å². The first-order valence-electron chi connectivity index (χ1n) is 9.03. The van der Waals surface area contributed by atoms with Gasteiger partial charge in [-0.05, 0) is 31.9 Å². The highest BCUT2D eigenvalue weighted by Crippen LogP contribution is 2.19. The molecule has 0 saturated heterocycles. The third-order valence-corrected chi connectivity index (χ3v) is 4.72. The van der Waals surface area contributed by atoms with Crippen molar-refractivity contribution in [3.05, 3.63) is 30.1 Å². The number of nitrogens with one attached hydrogen (secondary N) is 1. The highest BCUT2D eigenvalue weighted by molar-refractivity contribution is 5.07. The van der Waals surface area contributed by atoms with Gasteiger partial charge in [-0.2, -0.15) is 0 Å². The molecule has 2 rings (SSSR count). The topological polar surface area (TPSA) is 24.9 Å². The largest absolute Gasteiger partial charge is 0.306 e. The second-order valence-electron chi connectivity index (χ2n) is 6.60. The molecule has 1 aromatic heterocycles. The summed E-state index contributed by atoms with van der Waals surface area (Å²) in [4.78, 5) is 4.48. The van der Waals surface area contributed by atoms with Gasteiger partial charge in [-0.15, -0.1) is 0 Å². The monoisotopic (exact) mass is 288 g/mol. The van der Waals surface area contributed by atoms with Crippen LogP contribution in [0.5, 0.6) is 0 Å². The van der Waals surface area contributed by atoms with Crippen LogP contribution in [-0.4, -0.2) is 11.0 Å². The fourth-order valence-electron chi connectivity index (χ4n) is 3.40. The molecule has 2 heteroatoms. The van der Waals surface area contributed by atoms with Crippen LogP contribution in [0.4, 0.5) is 0 Å². The van der Waals surface area contributed by atoms with E-state index < -0.39 is 0 Å². The lowest BCUT2D eigenvalue weighted by Crippen LogP contribution is -2.32. The molecule has 1 aliphatic carbocycles. The van der Waals surface area contributed by atoms with Crippen LogP contribution in [0.25, 0.3) is 0 Å². The minimum atomic E-state index is 0.365. The van der Waals surface area contributed by atoms with Crippen LogP contribution >= 0.6 is 0 Å². The molecule has 1 atom stereocenters. The standard InChI is InChI=1S/C19H32N2/c1-17(19-15-11-12-16-20-19)21-18-13-9-7-5-3-2-4-6-8-10-14-18/h11-12,15-18,21H,2-10,13-14H2,1H3/t17-/m1/s1. The summed E-state index contributed by atoms with van der Waals surface area (Å²) in [5, 5.41) is 3.82. The molecule has 2 nitrogen and oxygen atoms in total. The lowest BCUT2D eigenvalue weighted by atomic mass is 9.97. The van der Waals surface area contributed by atoms with E-state index in [0.717, 1.165) is 0 Å². The Morgan fingerprint density at radius 1 is 0.905 bits per heavy atom. The first-order valence-corrected chi connectivity index (χ1v) is 9.03. The molecule has 21 heavy (non-hydrogen) atoms. The molecule has 0 aliphatic heterocycles. The number of hydrogen-bond donors (Lipinski definition) is 1. The zero-order chi connectivity index (χ0) is 14.8. The molecule has 0 unspecified atom stereocenters. The molecule has 1 aromatic rings. The van der Waals surface area contributed by atoms with E-state index >= 15 is 0 Å². The van der Waals surface area contributed by atoms with E-state index in [1.165, 1.54) is 76.3 Å². The van der Waals surface area contributed by atoms with Crippen molar-refractivity contribution in [1.82, 2.24) is 10.3 Å². The Kier molecular flexibility index (Phi) is 7.80. The Labute approximate surface area is 130 Å². The molecule has 0 spiro atoms. The van der Waals surface area contributed by atoms with Crippen molar-refractivity contribution in [3.63, 3.8) is 0 Å². The zero-order valence-corrected chi connectivity index (χ0v) is 13.7. The van der Waals surface area contributed by atoms with Crippen LogP contribution < -0.4 is 5.32 Å². The normalized spacial score (nSPS) is 21.2. The van der Waals surface area contributed by atoms with Gasteiger partial charge in [0, 0.05) is 18.3 Å². The molecule has 0 radical (unpaired) electrons. The average Bonchev–Trinajstić information content (AvgIpc) is 2.51. The molecule has 1 heterocycles. The van der Waals surface area contributed by atoms with Gasteiger partial charge in [0.25, 0.3) is 0 Å². The van der Waals surface area contributed by atoms with Crippen molar-refractivity contribution in [2.24, 2.45) is 0 Å². The minimum Gasteiger partial charge on any atom is -0.306 e. The molecule has 1 aliphatic rings. The van der Waals surface area contributed by atoms with Gasteiger partial charge < -0.3 is 5.32 Å². The quantitative estimate of drug-likeness (QED) is 0.805. The van der Waals surface area contributed by atoms with Gasteiger partial charge in [0.1, 0.15) is 0 Å². The van der Waals surface area contributed by atoms with E-state index in [2.05, 4.69) is 29.4 Å². The predicted octanol–water partition coefficient (Wildman–Crippen LogP) is 5.41. The highest BCUT2D eigenvalue weighted by Gasteiger charge is 2.14. The third-order valence-electron chi connectivity index (χ3n) is 4.72. The summed E-state index contributed by atoms with van der Waals surface area (Å²) in [7, 11) is 0. The Morgan fingerprint density at radius 3 is 2.00 bits per heavy atom. The molecule has 1 saturated carbocycles. The van der Waals surface area contributed by atoms with Crippen LogP contribution in [0.2, 0.25) is 0 Å². The van der Waals surface area contributed by atoms with Crippen LogP contribution in [0, 0.1) is 0 Å². The van der Waals surface area contributed by atoms with Crippen LogP contribution in [-0.2, 0) is 0 Å². The van der Waals surface area contributed by atoms with Gasteiger partial charge in [0.15, 0.2) is 0 Å². The van der Waals surface area contributed by atoms with E-state index in [0.29, 0.717) is 12.1 Å². The molecule has 118 valence electrons. The van der Waals surface area contributed by atoms with Crippen molar-refractivity contribution in [1.29, 1.82) is 0 Å². The van der Waals surface area contributed by atoms with E-state index in [1.807, 2.05) is 12.3 Å². The first kappa shape index (κ1) is 16.5. The summed E-state index contributed by atoms with van der Waals surface area (Å²) in [5.74, 6) is 0. The Bertz CT molecular complexity index is 351. The van der Waals surface area contributed by atoms with Gasteiger partial charge in [0.05, 0.1) is 5.69 Å². The number of aromatic nitrogens is 1.